The van der Waals surface area contributed by atoms with Crippen LogP contribution in [0.15, 0.2) is 17.6 Å². The summed E-state index contributed by atoms with van der Waals surface area (Å²) < 4.78 is 1.80. The van der Waals surface area contributed by atoms with Gasteiger partial charge in [0.2, 0.25) is 0 Å². The van der Waals surface area contributed by atoms with Crippen molar-refractivity contribution in [3.63, 3.8) is 0 Å². The Morgan fingerprint density at radius 1 is 1.53 bits per heavy atom. The van der Waals surface area contributed by atoms with E-state index in [-0.39, 0.29) is 5.91 Å². The summed E-state index contributed by atoms with van der Waals surface area (Å²) in [5.41, 5.74) is 8.38. The first-order valence-corrected chi connectivity index (χ1v) is 6.30. The number of nitrogens with zero attached hydrogens (tertiary/aromatic N) is 2. The van der Waals surface area contributed by atoms with E-state index in [1.54, 1.807) is 4.68 Å². The molecule has 0 fully saturated rings. The molecule has 0 spiro atoms. The van der Waals surface area contributed by atoms with Crippen molar-refractivity contribution in [2.45, 2.75) is 19.8 Å². The minimum atomic E-state index is -0.383. The maximum Gasteiger partial charge on any atom is 0.259 e. The summed E-state index contributed by atoms with van der Waals surface area (Å²) in [5.74, 6) is -0.0229. The van der Waals surface area contributed by atoms with Crippen LogP contribution in [0.2, 0.25) is 0 Å². The molecule has 0 atom stereocenters. The van der Waals surface area contributed by atoms with E-state index in [9.17, 15) is 4.79 Å². The number of amides is 1. The average molecular weight is 249 g/mol. The number of aryl methyl sites for hydroxylation is 1. The number of aromatic nitrogens is 2. The third-order valence-electron chi connectivity index (χ3n) is 2.73. The predicted octanol–water partition coefficient (Wildman–Crippen LogP) is 2.37. The topological polar surface area (TPSA) is 60.9 Å². The number of rotatable bonds is 3. The van der Waals surface area contributed by atoms with Crippen LogP contribution in [0.5, 0.6) is 0 Å². The Bertz CT molecular complexity index is 554. The Balaban J connectivity index is 2.64. The van der Waals surface area contributed by atoms with Crippen LogP contribution in [0.25, 0.3) is 11.3 Å². The van der Waals surface area contributed by atoms with E-state index >= 15 is 0 Å². The standard InChI is InChI=1S/C12H15N3OS/c1-7(2)9-6-14-15(3)10(9)8-4-5-17-11(8)12(13)16/h4-7H,1-3H3,(H2,13,16). The zero-order valence-corrected chi connectivity index (χ0v) is 10.9. The monoisotopic (exact) mass is 249 g/mol. The van der Waals surface area contributed by atoms with Crippen LogP contribution < -0.4 is 5.73 Å². The molecule has 1 amide bonds. The zero-order valence-electron chi connectivity index (χ0n) is 10.1. The number of thiophene rings is 1. The van der Waals surface area contributed by atoms with Crippen molar-refractivity contribution >= 4 is 17.2 Å². The van der Waals surface area contributed by atoms with Gasteiger partial charge in [0, 0.05) is 18.2 Å². The summed E-state index contributed by atoms with van der Waals surface area (Å²) in [6.45, 7) is 4.22. The largest absolute Gasteiger partial charge is 0.365 e. The fourth-order valence-electron chi connectivity index (χ4n) is 1.89. The lowest BCUT2D eigenvalue weighted by Crippen LogP contribution is -2.11. The van der Waals surface area contributed by atoms with Crippen LogP contribution in [0.3, 0.4) is 0 Å². The average Bonchev–Trinajstić information content (AvgIpc) is 2.82. The van der Waals surface area contributed by atoms with E-state index in [0.29, 0.717) is 10.8 Å². The second-order valence-corrected chi connectivity index (χ2v) is 5.17. The van der Waals surface area contributed by atoms with Crippen LogP contribution in [-0.2, 0) is 7.05 Å². The Kier molecular flexibility index (Phi) is 3.02. The minimum absolute atomic E-state index is 0.360. The second-order valence-electron chi connectivity index (χ2n) is 4.25. The molecule has 2 rings (SSSR count). The van der Waals surface area contributed by atoms with Crippen LogP contribution in [0.1, 0.15) is 35.0 Å². The smallest absolute Gasteiger partial charge is 0.259 e. The molecule has 2 heterocycles. The van der Waals surface area contributed by atoms with Crippen molar-refractivity contribution in [3.05, 3.63) is 28.1 Å². The number of carbonyl (C=O) groups excluding carboxylic acids is 1. The van der Waals surface area contributed by atoms with Gasteiger partial charge >= 0.3 is 0 Å². The van der Waals surface area contributed by atoms with Crippen molar-refractivity contribution in [1.29, 1.82) is 0 Å². The molecule has 0 saturated carbocycles. The molecule has 0 bridgehead atoms. The third kappa shape index (κ3) is 1.98. The van der Waals surface area contributed by atoms with E-state index in [0.717, 1.165) is 16.8 Å². The molecule has 2 N–H and O–H groups in total. The minimum Gasteiger partial charge on any atom is -0.365 e. The Labute approximate surface area is 104 Å². The highest BCUT2D eigenvalue weighted by molar-refractivity contribution is 7.12. The third-order valence-corrected chi connectivity index (χ3v) is 3.66. The van der Waals surface area contributed by atoms with Gasteiger partial charge in [-0.1, -0.05) is 13.8 Å². The first kappa shape index (κ1) is 11.9. The SMILES string of the molecule is CC(C)c1cnn(C)c1-c1ccsc1C(N)=O. The van der Waals surface area contributed by atoms with Gasteiger partial charge in [-0.05, 0) is 17.4 Å². The molecule has 0 unspecified atom stereocenters. The van der Waals surface area contributed by atoms with Gasteiger partial charge in [0.1, 0.15) is 4.88 Å². The molecule has 0 aromatic carbocycles. The molecule has 17 heavy (non-hydrogen) atoms. The first-order chi connectivity index (χ1) is 8.02. The molecule has 0 saturated heterocycles. The van der Waals surface area contributed by atoms with E-state index in [2.05, 4.69) is 18.9 Å². The van der Waals surface area contributed by atoms with E-state index in [1.807, 2.05) is 24.7 Å². The number of hydrogen-bond donors (Lipinski definition) is 1. The predicted molar refractivity (Wildman–Crippen MR) is 69.1 cm³/mol. The zero-order chi connectivity index (χ0) is 12.6. The number of nitrogens with two attached hydrogens (primary N) is 1. The van der Waals surface area contributed by atoms with Crippen molar-refractivity contribution in [2.75, 3.05) is 0 Å². The van der Waals surface area contributed by atoms with Crippen molar-refractivity contribution in [1.82, 2.24) is 9.78 Å². The van der Waals surface area contributed by atoms with Gasteiger partial charge in [0.05, 0.1) is 11.9 Å². The van der Waals surface area contributed by atoms with Gasteiger partial charge in [-0.25, -0.2) is 0 Å². The maximum absolute atomic E-state index is 11.4. The van der Waals surface area contributed by atoms with E-state index in [4.69, 9.17) is 5.73 Å². The summed E-state index contributed by atoms with van der Waals surface area (Å²) in [6, 6.07) is 1.92. The Hall–Kier alpha value is -1.62. The lowest BCUT2D eigenvalue weighted by Gasteiger charge is -2.08. The summed E-state index contributed by atoms with van der Waals surface area (Å²) >= 11 is 1.37. The Morgan fingerprint density at radius 3 is 2.82 bits per heavy atom. The molecular formula is C12H15N3OS. The van der Waals surface area contributed by atoms with Gasteiger partial charge in [0.15, 0.2) is 0 Å². The lowest BCUT2D eigenvalue weighted by molar-refractivity contribution is 0.100. The first-order valence-electron chi connectivity index (χ1n) is 5.42. The summed E-state index contributed by atoms with van der Waals surface area (Å²) in [7, 11) is 1.88. The van der Waals surface area contributed by atoms with Gasteiger partial charge in [-0.2, -0.15) is 5.10 Å². The van der Waals surface area contributed by atoms with Crippen molar-refractivity contribution in [3.8, 4) is 11.3 Å². The maximum atomic E-state index is 11.4. The molecule has 0 aliphatic carbocycles. The van der Waals surface area contributed by atoms with Crippen LogP contribution in [-0.4, -0.2) is 15.7 Å². The van der Waals surface area contributed by atoms with Crippen molar-refractivity contribution in [2.24, 2.45) is 12.8 Å². The summed E-state index contributed by atoms with van der Waals surface area (Å²) in [6.07, 6.45) is 1.85. The van der Waals surface area contributed by atoms with E-state index in [1.165, 1.54) is 11.3 Å². The second kappa shape index (κ2) is 4.33. The highest BCUT2D eigenvalue weighted by atomic mass is 32.1. The normalized spacial score (nSPS) is 11.1. The fraction of sp³-hybridized carbons (Fsp3) is 0.333. The molecule has 2 aromatic rings. The van der Waals surface area contributed by atoms with Crippen LogP contribution >= 0.6 is 11.3 Å². The van der Waals surface area contributed by atoms with Crippen LogP contribution in [0, 0.1) is 0 Å². The van der Waals surface area contributed by atoms with Gasteiger partial charge in [-0.3, -0.25) is 9.48 Å². The van der Waals surface area contributed by atoms with E-state index < -0.39 is 0 Å². The molecule has 2 aromatic heterocycles. The molecule has 0 aliphatic rings. The summed E-state index contributed by atoms with van der Waals surface area (Å²) in [4.78, 5) is 12.0. The highest BCUT2D eigenvalue weighted by Crippen LogP contribution is 2.33. The number of hydrogen-bond acceptors (Lipinski definition) is 3. The Morgan fingerprint density at radius 2 is 2.24 bits per heavy atom. The van der Waals surface area contributed by atoms with Gasteiger partial charge < -0.3 is 5.73 Å². The lowest BCUT2D eigenvalue weighted by atomic mass is 10.00. The van der Waals surface area contributed by atoms with Crippen LogP contribution in [0.4, 0.5) is 0 Å². The number of carbonyl (C=O) groups is 1. The molecular weight excluding hydrogens is 234 g/mol. The quantitative estimate of drug-likeness (QED) is 0.907. The molecule has 90 valence electrons. The number of primary amides is 1. The molecule has 4 nitrogen and oxygen atoms in total. The molecule has 0 aliphatic heterocycles. The highest BCUT2D eigenvalue weighted by Gasteiger charge is 2.19. The van der Waals surface area contributed by atoms with Crippen molar-refractivity contribution < 1.29 is 4.79 Å². The molecule has 5 heteroatoms. The molecule has 0 radical (unpaired) electrons. The summed E-state index contributed by atoms with van der Waals surface area (Å²) in [5, 5.41) is 6.14. The van der Waals surface area contributed by atoms with Gasteiger partial charge in [0.25, 0.3) is 5.91 Å². The van der Waals surface area contributed by atoms with Gasteiger partial charge in [-0.15, -0.1) is 11.3 Å². The fourth-order valence-corrected chi connectivity index (χ4v) is 2.64.